The smallest absolute Gasteiger partial charge is 0.126 e. The summed E-state index contributed by atoms with van der Waals surface area (Å²) in [5.41, 5.74) is 1.87. The third-order valence-corrected chi connectivity index (χ3v) is 6.86. The van der Waals surface area contributed by atoms with Crippen molar-refractivity contribution in [2.75, 3.05) is 0 Å². The second kappa shape index (κ2) is 11.4. The number of ether oxygens (including phenoxy) is 1. The van der Waals surface area contributed by atoms with Crippen LogP contribution in [-0.4, -0.2) is 5.60 Å². The molecule has 1 aliphatic rings. The maximum atomic E-state index is 13.6. The summed E-state index contributed by atoms with van der Waals surface area (Å²) in [5.74, 6) is 3.31. The van der Waals surface area contributed by atoms with E-state index in [1.54, 1.807) is 12.1 Å². The van der Waals surface area contributed by atoms with E-state index in [1.807, 2.05) is 6.92 Å². The molecule has 29 heavy (non-hydrogen) atoms. The van der Waals surface area contributed by atoms with Crippen LogP contribution in [-0.2, 0) is 6.42 Å². The summed E-state index contributed by atoms with van der Waals surface area (Å²) >= 11 is 0. The Morgan fingerprint density at radius 3 is 2.14 bits per heavy atom. The van der Waals surface area contributed by atoms with Crippen molar-refractivity contribution in [2.24, 2.45) is 17.8 Å². The van der Waals surface area contributed by atoms with Crippen molar-refractivity contribution in [1.29, 1.82) is 0 Å². The first-order valence-corrected chi connectivity index (χ1v) is 12.2. The van der Waals surface area contributed by atoms with Gasteiger partial charge in [0.05, 0.1) is 0 Å². The minimum atomic E-state index is -0.142. The van der Waals surface area contributed by atoms with Gasteiger partial charge >= 0.3 is 0 Å². The van der Waals surface area contributed by atoms with Crippen LogP contribution in [0.2, 0.25) is 0 Å². The van der Waals surface area contributed by atoms with Gasteiger partial charge in [0.2, 0.25) is 0 Å². The van der Waals surface area contributed by atoms with Crippen LogP contribution >= 0.6 is 0 Å². The van der Waals surface area contributed by atoms with Crippen molar-refractivity contribution in [3.63, 3.8) is 0 Å². The Kier molecular flexibility index (Phi) is 9.50. The Labute approximate surface area is 179 Å². The topological polar surface area (TPSA) is 9.23 Å². The second-order valence-corrected chi connectivity index (χ2v) is 10.6. The summed E-state index contributed by atoms with van der Waals surface area (Å²) in [6.45, 7) is 13.7. The number of hydrogen-bond acceptors (Lipinski definition) is 1. The van der Waals surface area contributed by atoms with Gasteiger partial charge in [0.25, 0.3) is 0 Å². The molecular weight excluding hydrogens is 358 g/mol. The zero-order valence-electron chi connectivity index (χ0n) is 20.0. The molecule has 2 heteroatoms. The predicted molar refractivity (Wildman–Crippen MR) is 123 cm³/mol. The van der Waals surface area contributed by atoms with Gasteiger partial charge in [-0.25, -0.2) is 4.39 Å². The molecule has 1 heterocycles. The minimum Gasteiger partial charge on any atom is -0.487 e. The Morgan fingerprint density at radius 2 is 1.52 bits per heavy atom. The third kappa shape index (κ3) is 8.30. The molecule has 0 saturated heterocycles. The molecule has 2 rings (SSSR count). The highest BCUT2D eigenvalue weighted by atomic mass is 18.2. The Hall–Kier alpha value is -1.05. The number of fused-ring (bicyclic) bond motifs is 1. The summed E-state index contributed by atoms with van der Waals surface area (Å²) < 4.78 is 20.0. The first kappa shape index (κ1) is 24.2. The summed E-state index contributed by atoms with van der Waals surface area (Å²) in [6.07, 6.45) is 13.8. The maximum absolute atomic E-state index is 13.6. The predicted octanol–water partition coefficient (Wildman–Crippen LogP) is 8.66. The van der Waals surface area contributed by atoms with Crippen LogP contribution in [0, 0.1) is 30.5 Å². The number of halogens is 1. The van der Waals surface area contributed by atoms with Crippen LogP contribution in [0.4, 0.5) is 4.39 Å². The third-order valence-electron chi connectivity index (χ3n) is 6.86. The number of benzene rings is 1. The van der Waals surface area contributed by atoms with Gasteiger partial charge in [-0.1, -0.05) is 72.6 Å². The van der Waals surface area contributed by atoms with Crippen LogP contribution in [0.5, 0.6) is 5.75 Å². The minimum absolute atomic E-state index is 0.0970. The van der Waals surface area contributed by atoms with Crippen molar-refractivity contribution in [2.45, 2.75) is 118 Å². The molecule has 0 unspecified atom stereocenters. The summed E-state index contributed by atoms with van der Waals surface area (Å²) in [4.78, 5) is 0. The zero-order valence-corrected chi connectivity index (χ0v) is 20.0. The summed E-state index contributed by atoms with van der Waals surface area (Å²) in [7, 11) is 0. The molecular formula is C27H45FO. The SMILES string of the molecule is Cc1cc([18F])cc2c1O[C@](C)(CCC[C@H](C)CCC[C@H](C)CCCC(C)C)CC2. The van der Waals surface area contributed by atoms with E-state index >= 15 is 0 Å². The molecule has 166 valence electrons. The van der Waals surface area contributed by atoms with Crippen LogP contribution in [0.25, 0.3) is 0 Å². The van der Waals surface area contributed by atoms with Gasteiger partial charge < -0.3 is 4.74 Å². The van der Waals surface area contributed by atoms with Crippen molar-refractivity contribution in [3.8, 4) is 5.75 Å². The molecule has 0 spiro atoms. The molecule has 1 aliphatic heterocycles. The van der Waals surface area contributed by atoms with Gasteiger partial charge in [0, 0.05) is 0 Å². The standard InChI is InChI=1S/C27H45FO/c1-20(2)10-7-11-21(3)12-8-13-22(4)14-9-16-27(6)17-15-24-19-25(28)18-23(5)26(24)29-27/h18-22H,7-17H2,1-6H3/t21-,22-,27-/m1/s1/i28-1. The number of aryl methyl sites for hydroxylation is 2. The van der Waals surface area contributed by atoms with Gasteiger partial charge in [0.15, 0.2) is 0 Å². The molecule has 0 aromatic heterocycles. The first-order valence-electron chi connectivity index (χ1n) is 12.2. The van der Waals surface area contributed by atoms with Crippen molar-refractivity contribution >= 4 is 0 Å². The van der Waals surface area contributed by atoms with Crippen molar-refractivity contribution in [3.05, 3.63) is 29.1 Å². The van der Waals surface area contributed by atoms with E-state index in [9.17, 15) is 4.39 Å². The number of hydrogen-bond donors (Lipinski definition) is 0. The van der Waals surface area contributed by atoms with Gasteiger partial charge in [0.1, 0.15) is 17.2 Å². The van der Waals surface area contributed by atoms with E-state index in [4.69, 9.17) is 4.74 Å². The van der Waals surface area contributed by atoms with Crippen LogP contribution in [0.15, 0.2) is 12.1 Å². The molecule has 1 aromatic rings. The van der Waals surface area contributed by atoms with Crippen molar-refractivity contribution in [1.82, 2.24) is 0 Å². The Balaban J connectivity index is 1.65. The van der Waals surface area contributed by atoms with E-state index in [-0.39, 0.29) is 11.4 Å². The fourth-order valence-corrected chi connectivity index (χ4v) is 4.81. The lowest BCUT2D eigenvalue weighted by Gasteiger charge is -2.37. The lowest BCUT2D eigenvalue weighted by atomic mass is 9.85. The van der Waals surface area contributed by atoms with E-state index in [2.05, 4.69) is 34.6 Å². The lowest BCUT2D eigenvalue weighted by molar-refractivity contribution is 0.0514. The van der Waals surface area contributed by atoms with Gasteiger partial charge in [-0.15, -0.1) is 0 Å². The lowest BCUT2D eigenvalue weighted by Crippen LogP contribution is -2.36. The molecule has 3 atom stereocenters. The molecule has 1 nitrogen and oxygen atoms in total. The largest absolute Gasteiger partial charge is 0.487 e. The summed E-state index contributed by atoms with van der Waals surface area (Å²) in [6, 6.07) is 3.24. The number of rotatable bonds is 12. The molecule has 0 N–H and O–H groups in total. The Bertz CT molecular complexity index is 623. The molecule has 0 amide bonds. The maximum Gasteiger partial charge on any atom is 0.126 e. The van der Waals surface area contributed by atoms with Gasteiger partial charge in [-0.2, -0.15) is 0 Å². The molecule has 0 bridgehead atoms. The normalized spacial score (nSPS) is 21.0. The zero-order chi connectivity index (χ0) is 21.4. The highest BCUT2D eigenvalue weighted by Gasteiger charge is 2.32. The fourth-order valence-electron chi connectivity index (χ4n) is 4.81. The van der Waals surface area contributed by atoms with Crippen LogP contribution in [0.1, 0.15) is 110 Å². The van der Waals surface area contributed by atoms with E-state index in [0.717, 1.165) is 53.9 Å². The van der Waals surface area contributed by atoms with E-state index < -0.39 is 0 Å². The highest BCUT2D eigenvalue weighted by Crippen LogP contribution is 2.39. The molecule has 0 fully saturated rings. The molecule has 1 aromatic carbocycles. The highest BCUT2D eigenvalue weighted by molar-refractivity contribution is 5.43. The first-order chi connectivity index (χ1) is 13.7. The van der Waals surface area contributed by atoms with Crippen molar-refractivity contribution < 1.29 is 9.13 Å². The van der Waals surface area contributed by atoms with E-state index in [0.29, 0.717) is 0 Å². The monoisotopic (exact) mass is 403 g/mol. The fraction of sp³-hybridized carbons (Fsp3) is 0.778. The molecule has 0 aliphatic carbocycles. The van der Waals surface area contributed by atoms with Crippen LogP contribution in [0.3, 0.4) is 0 Å². The summed E-state index contributed by atoms with van der Waals surface area (Å²) in [5, 5.41) is 0. The molecule has 0 saturated carbocycles. The van der Waals surface area contributed by atoms with E-state index in [1.165, 1.54) is 51.4 Å². The van der Waals surface area contributed by atoms with Crippen LogP contribution < -0.4 is 4.74 Å². The van der Waals surface area contributed by atoms with Gasteiger partial charge in [-0.05, 0) is 80.5 Å². The average Bonchev–Trinajstić information content (AvgIpc) is 2.62. The Morgan fingerprint density at radius 1 is 0.931 bits per heavy atom. The molecule has 0 radical (unpaired) electrons. The second-order valence-electron chi connectivity index (χ2n) is 10.6. The van der Waals surface area contributed by atoms with Gasteiger partial charge in [-0.3, -0.25) is 0 Å². The average molecular weight is 404 g/mol. The quantitative estimate of drug-likeness (QED) is 0.339.